The molecule has 0 spiro atoms. The fraction of sp³-hybridized carbons (Fsp3) is 0.647. The minimum atomic E-state index is 0.128. The van der Waals surface area contributed by atoms with Gasteiger partial charge in [-0.1, -0.05) is 52.0 Å². The monoisotopic (exact) mass is 263 g/mol. The van der Waals surface area contributed by atoms with Gasteiger partial charge in [-0.2, -0.15) is 0 Å². The second-order valence-electron chi connectivity index (χ2n) is 5.77. The van der Waals surface area contributed by atoms with Crippen LogP contribution in [0.4, 0.5) is 0 Å². The van der Waals surface area contributed by atoms with Crippen molar-refractivity contribution in [3.63, 3.8) is 0 Å². The summed E-state index contributed by atoms with van der Waals surface area (Å²) in [5, 5.41) is 9.08. The Hall–Kier alpha value is -0.860. The molecule has 1 aromatic carbocycles. The summed E-state index contributed by atoms with van der Waals surface area (Å²) < 4.78 is 0. The molecule has 2 heteroatoms. The van der Waals surface area contributed by atoms with Gasteiger partial charge in [0.25, 0.3) is 0 Å². The maximum absolute atomic E-state index is 9.08. The molecule has 0 aliphatic rings. The summed E-state index contributed by atoms with van der Waals surface area (Å²) in [6, 6.07) is 8.99. The third kappa shape index (κ3) is 5.33. The second-order valence-corrected chi connectivity index (χ2v) is 5.77. The van der Waals surface area contributed by atoms with Gasteiger partial charge in [-0.15, -0.1) is 0 Å². The molecule has 0 aliphatic heterocycles. The van der Waals surface area contributed by atoms with Crippen molar-refractivity contribution in [3.8, 4) is 0 Å². The molecule has 0 atom stereocenters. The Labute approximate surface area is 118 Å². The van der Waals surface area contributed by atoms with Crippen LogP contribution in [-0.2, 0) is 13.2 Å². The first-order valence-corrected chi connectivity index (χ1v) is 7.53. The highest BCUT2D eigenvalue weighted by atomic mass is 16.3. The SMILES string of the molecule is CCC(CC)N(Cc1ccc(CO)cc1)CC(C)C. The lowest BCUT2D eigenvalue weighted by Crippen LogP contribution is -2.36. The van der Waals surface area contributed by atoms with Crippen molar-refractivity contribution in [2.24, 2.45) is 5.92 Å². The van der Waals surface area contributed by atoms with E-state index in [4.69, 9.17) is 5.11 Å². The van der Waals surface area contributed by atoms with E-state index in [1.807, 2.05) is 12.1 Å². The van der Waals surface area contributed by atoms with Gasteiger partial charge in [0.1, 0.15) is 0 Å². The first-order valence-electron chi connectivity index (χ1n) is 7.53. The van der Waals surface area contributed by atoms with Crippen molar-refractivity contribution >= 4 is 0 Å². The fourth-order valence-electron chi connectivity index (χ4n) is 2.60. The van der Waals surface area contributed by atoms with Gasteiger partial charge in [-0.25, -0.2) is 0 Å². The van der Waals surface area contributed by atoms with Crippen LogP contribution in [0.25, 0.3) is 0 Å². The Morgan fingerprint density at radius 2 is 1.53 bits per heavy atom. The van der Waals surface area contributed by atoms with Crippen LogP contribution >= 0.6 is 0 Å². The fourth-order valence-corrected chi connectivity index (χ4v) is 2.60. The summed E-state index contributed by atoms with van der Waals surface area (Å²) in [4.78, 5) is 2.60. The number of hydrogen-bond acceptors (Lipinski definition) is 2. The quantitative estimate of drug-likeness (QED) is 0.770. The molecular formula is C17H29NO. The smallest absolute Gasteiger partial charge is 0.0681 e. The maximum Gasteiger partial charge on any atom is 0.0681 e. The summed E-state index contributed by atoms with van der Waals surface area (Å²) in [6.07, 6.45) is 2.41. The molecule has 0 amide bonds. The molecule has 0 radical (unpaired) electrons. The van der Waals surface area contributed by atoms with E-state index >= 15 is 0 Å². The van der Waals surface area contributed by atoms with Crippen molar-refractivity contribution in [1.82, 2.24) is 4.90 Å². The normalized spacial score (nSPS) is 11.8. The first-order chi connectivity index (χ1) is 9.10. The molecule has 2 nitrogen and oxygen atoms in total. The van der Waals surface area contributed by atoms with Gasteiger partial charge in [-0.3, -0.25) is 4.90 Å². The number of aliphatic hydroxyl groups excluding tert-OH is 1. The average Bonchev–Trinajstić information content (AvgIpc) is 2.40. The molecule has 1 N–H and O–H groups in total. The van der Waals surface area contributed by atoms with E-state index in [1.165, 1.54) is 18.4 Å². The van der Waals surface area contributed by atoms with Gasteiger partial charge >= 0.3 is 0 Å². The van der Waals surface area contributed by atoms with Crippen molar-refractivity contribution in [3.05, 3.63) is 35.4 Å². The van der Waals surface area contributed by atoms with Crippen LogP contribution in [0.2, 0.25) is 0 Å². The molecule has 0 saturated heterocycles. The second kappa shape index (κ2) is 8.34. The zero-order valence-electron chi connectivity index (χ0n) is 12.9. The van der Waals surface area contributed by atoms with Crippen molar-refractivity contribution < 1.29 is 5.11 Å². The molecule has 0 heterocycles. The molecule has 1 aromatic rings. The summed E-state index contributed by atoms with van der Waals surface area (Å²) >= 11 is 0. The molecular weight excluding hydrogens is 234 g/mol. The van der Waals surface area contributed by atoms with Gasteiger partial charge in [0.2, 0.25) is 0 Å². The number of hydrogen-bond donors (Lipinski definition) is 1. The van der Waals surface area contributed by atoms with Crippen LogP contribution in [0.15, 0.2) is 24.3 Å². The lowest BCUT2D eigenvalue weighted by molar-refractivity contribution is 0.157. The highest BCUT2D eigenvalue weighted by molar-refractivity contribution is 5.22. The predicted molar refractivity (Wildman–Crippen MR) is 82.0 cm³/mol. The summed E-state index contributed by atoms with van der Waals surface area (Å²) in [7, 11) is 0. The minimum absolute atomic E-state index is 0.128. The third-order valence-electron chi connectivity index (χ3n) is 3.65. The largest absolute Gasteiger partial charge is 0.392 e. The number of aliphatic hydroxyl groups is 1. The molecule has 108 valence electrons. The van der Waals surface area contributed by atoms with Crippen LogP contribution < -0.4 is 0 Å². The van der Waals surface area contributed by atoms with E-state index in [-0.39, 0.29) is 6.61 Å². The zero-order valence-corrected chi connectivity index (χ0v) is 12.9. The summed E-state index contributed by atoms with van der Waals surface area (Å²) in [6.45, 7) is 11.4. The maximum atomic E-state index is 9.08. The van der Waals surface area contributed by atoms with Crippen LogP contribution in [0, 0.1) is 5.92 Å². The highest BCUT2D eigenvalue weighted by Crippen LogP contribution is 2.16. The van der Waals surface area contributed by atoms with E-state index in [1.54, 1.807) is 0 Å². The van der Waals surface area contributed by atoms with Gasteiger partial charge in [0.15, 0.2) is 0 Å². The number of benzene rings is 1. The van der Waals surface area contributed by atoms with Gasteiger partial charge in [0.05, 0.1) is 6.61 Å². The van der Waals surface area contributed by atoms with E-state index in [9.17, 15) is 0 Å². The first kappa shape index (κ1) is 16.2. The van der Waals surface area contributed by atoms with Crippen LogP contribution in [0.1, 0.15) is 51.7 Å². The molecule has 0 saturated carbocycles. The molecule has 0 fully saturated rings. The molecule has 1 rings (SSSR count). The molecule has 0 aliphatic carbocycles. The van der Waals surface area contributed by atoms with E-state index in [0.717, 1.165) is 18.7 Å². The Balaban J connectivity index is 2.74. The molecule has 0 bridgehead atoms. The molecule has 19 heavy (non-hydrogen) atoms. The third-order valence-corrected chi connectivity index (χ3v) is 3.65. The summed E-state index contributed by atoms with van der Waals surface area (Å²) in [5.41, 5.74) is 2.33. The van der Waals surface area contributed by atoms with E-state index in [0.29, 0.717) is 12.0 Å². The lowest BCUT2D eigenvalue weighted by Gasteiger charge is -2.32. The minimum Gasteiger partial charge on any atom is -0.392 e. The van der Waals surface area contributed by atoms with Gasteiger partial charge < -0.3 is 5.11 Å². The molecule has 0 unspecified atom stereocenters. The Morgan fingerprint density at radius 3 is 1.95 bits per heavy atom. The zero-order chi connectivity index (χ0) is 14.3. The van der Waals surface area contributed by atoms with Crippen molar-refractivity contribution in [1.29, 1.82) is 0 Å². The standard InChI is InChI=1S/C17H29NO/c1-5-17(6-2)18(11-14(3)4)12-15-7-9-16(13-19)10-8-15/h7-10,14,17,19H,5-6,11-13H2,1-4H3. The van der Waals surface area contributed by atoms with E-state index < -0.39 is 0 Å². The lowest BCUT2D eigenvalue weighted by atomic mass is 10.1. The van der Waals surface area contributed by atoms with Gasteiger partial charge in [-0.05, 0) is 29.9 Å². The Kier molecular flexibility index (Phi) is 7.11. The summed E-state index contributed by atoms with van der Waals surface area (Å²) in [5.74, 6) is 0.692. The Morgan fingerprint density at radius 1 is 1.00 bits per heavy atom. The van der Waals surface area contributed by atoms with Crippen LogP contribution in [-0.4, -0.2) is 22.6 Å². The van der Waals surface area contributed by atoms with Gasteiger partial charge in [0, 0.05) is 19.1 Å². The van der Waals surface area contributed by atoms with Crippen molar-refractivity contribution in [2.75, 3.05) is 6.54 Å². The average molecular weight is 263 g/mol. The Bertz CT molecular complexity index is 341. The predicted octanol–water partition coefficient (Wildman–Crippen LogP) is 3.83. The highest BCUT2D eigenvalue weighted by Gasteiger charge is 2.16. The van der Waals surface area contributed by atoms with Crippen molar-refractivity contribution in [2.45, 2.75) is 59.7 Å². The number of nitrogens with zero attached hydrogens (tertiary/aromatic N) is 1. The topological polar surface area (TPSA) is 23.5 Å². The molecule has 0 aromatic heterocycles. The number of rotatable bonds is 8. The van der Waals surface area contributed by atoms with Crippen LogP contribution in [0.5, 0.6) is 0 Å². The van der Waals surface area contributed by atoms with E-state index in [2.05, 4.69) is 44.7 Å². The van der Waals surface area contributed by atoms with Crippen LogP contribution in [0.3, 0.4) is 0 Å².